The number of aromatic nitrogens is 1. The van der Waals surface area contributed by atoms with E-state index in [-0.39, 0.29) is 24.2 Å². The Kier molecular flexibility index (Phi) is 4.63. The van der Waals surface area contributed by atoms with E-state index in [2.05, 4.69) is 0 Å². The number of hydrogen-bond acceptors (Lipinski definition) is 4. The molecule has 4 fully saturated rings. The first kappa shape index (κ1) is 20.4. The van der Waals surface area contributed by atoms with Gasteiger partial charge in [-0.15, -0.1) is 0 Å². The normalized spacial score (nSPS) is 31.1. The predicted octanol–water partition coefficient (Wildman–Crippen LogP) is 4.29. The molecule has 164 valence electrons. The number of nitrogens with zero attached hydrogens (tertiary/aromatic N) is 1. The molecular formula is C25H28FNO4. The summed E-state index contributed by atoms with van der Waals surface area (Å²) in [6.07, 6.45) is 4.58. The molecule has 4 saturated carbocycles. The van der Waals surface area contributed by atoms with Gasteiger partial charge >= 0.3 is 5.97 Å². The van der Waals surface area contributed by atoms with Crippen molar-refractivity contribution in [3.05, 3.63) is 53.1 Å². The third-order valence-corrected chi connectivity index (χ3v) is 7.62. The molecule has 1 aromatic heterocycles. The molecule has 2 atom stereocenters. The standard InChI is InChI=1S/C25H28FNO4/c1-15-7-19(16(2)27(15)21-6-4-3-5-20(21)26)22(28)13-31-23(29)24-9-17-8-18(10-24)12-25(30,11-17)14-24/h3-7,17-18,30H,8-14H2,1-2H3/t17-,18-,24?,25?/m1/s1. The Bertz CT molecular complexity index is 1060. The van der Waals surface area contributed by atoms with E-state index >= 15 is 0 Å². The van der Waals surface area contributed by atoms with Gasteiger partial charge in [0.05, 0.1) is 16.7 Å². The van der Waals surface area contributed by atoms with Crippen LogP contribution < -0.4 is 0 Å². The summed E-state index contributed by atoms with van der Waals surface area (Å²) in [7, 11) is 0. The summed E-state index contributed by atoms with van der Waals surface area (Å²) in [5.41, 5.74) is 0.766. The molecule has 31 heavy (non-hydrogen) atoms. The Morgan fingerprint density at radius 2 is 1.84 bits per heavy atom. The molecule has 0 unspecified atom stereocenters. The fourth-order valence-electron chi connectivity index (χ4n) is 6.86. The number of ether oxygens (including phenoxy) is 1. The molecule has 6 heteroatoms. The van der Waals surface area contributed by atoms with Gasteiger partial charge in [-0.1, -0.05) is 12.1 Å². The minimum Gasteiger partial charge on any atom is -0.457 e. The van der Waals surface area contributed by atoms with Gasteiger partial charge in [-0.25, -0.2) is 4.39 Å². The molecule has 0 aliphatic heterocycles. The van der Waals surface area contributed by atoms with Gasteiger partial charge < -0.3 is 14.4 Å². The van der Waals surface area contributed by atoms with Gasteiger partial charge in [0.2, 0.25) is 5.78 Å². The largest absolute Gasteiger partial charge is 0.457 e. The summed E-state index contributed by atoms with van der Waals surface area (Å²) in [6, 6.07) is 8.14. The van der Waals surface area contributed by atoms with Gasteiger partial charge in [-0.2, -0.15) is 0 Å². The molecule has 0 amide bonds. The highest BCUT2D eigenvalue weighted by atomic mass is 19.1. The van der Waals surface area contributed by atoms with Gasteiger partial charge in [-0.3, -0.25) is 9.59 Å². The van der Waals surface area contributed by atoms with E-state index < -0.39 is 11.0 Å². The number of hydrogen-bond donors (Lipinski definition) is 1. The van der Waals surface area contributed by atoms with Gasteiger partial charge in [0.15, 0.2) is 6.61 Å². The molecule has 2 aromatic rings. The highest BCUT2D eigenvalue weighted by molar-refractivity contribution is 5.99. The first-order valence-electron chi connectivity index (χ1n) is 11.1. The van der Waals surface area contributed by atoms with Gasteiger partial charge in [-0.05, 0) is 82.4 Å². The van der Waals surface area contributed by atoms with E-state index in [0.29, 0.717) is 35.2 Å². The van der Waals surface area contributed by atoms with Crippen molar-refractivity contribution in [2.24, 2.45) is 17.3 Å². The van der Waals surface area contributed by atoms with Crippen LogP contribution in [0.3, 0.4) is 0 Å². The second-order valence-electron chi connectivity index (χ2n) is 10.0. The Morgan fingerprint density at radius 1 is 1.16 bits per heavy atom. The van der Waals surface area contributed by atoms with Crippen LogP contribution in [0.15, 0.2) is 30.3 Å². The highest BCUT2D eigenvalue weighted by Gasteiger charge is 2.60. The van der Waals surface area contributed by atoms with E-state index in [1.54, 1.807) is 35.8 Å². The zero-order valence-electron chi connectivity index (χ0n) is 18.0. The maximum atomic E-state index is 14.3. The topological polar surface area (TPSA) is 68.5 Å². The molecule has 4 bridgehead atoms. The van der Waals surface area contributed by atoms with Gasteiger partial charge in [0.25, 0.3) is 0 Å². The first-order valence-corrected chi connectivity index (χ1v) is 11.1. The fraction of sp³-hybridized carbons (Fsp3) is 0.520. The van der Waals surface area contributed by atoms with Crippen LogP contribution in [-0.4, -0.2) is 33.6 Å². The highest BCUT2D eigenvalue weighted by Crippen LogP contribution is 2.62. The third-order valence-electron chi connectivity index (χ3n) is 7.62. The summed E-state index contributed by atoms with van der Waals surface area (Å²) < 4.78 is 21.5. The minimum atomic E-state index is -0.752. The Morgan fingerprint density at radius 3 is 2.48 bits per heavy atom. The number of aryl methyl sites for hydroxylation is 1. The van der Waals surface area contributed by atoms with Crippen molar-refractivity contribution in [1.82, 2.24) is 4.57 Å². The average molecular weight is 426 g/mol. The second-order valence-corrected chi connectivity index (χ2v) is 10.0. The number of carbonyl (C=O) groups is 2. The number of Topliss-reactive ketones (excluding diaryl/α,β-unsaturated/α-hetero) is 1. The summed E-state index contributed by atoms with van der Waals surface area (Å²) in [6.45, 7) is 3.25. The molecule has 6 rings (SSSR count). The van der Waals surface area contributed by atoms with Crippen molar-refractivity contribution in [3.8, 4) is 5.69 Å². The van der Waals surface area contributed by atoms with Crippen LogP contribution in [0.4, 0.5) is 4.39 Å². The molecule has 0 spiro atoms. The van der Waals surface area contributed by atoms with Crippen molar-refractivity contribution in [3.63, 3.8) is 0 Å². The van der Waals surface area contributed by atoms with E-state index in [0.717, 1.165) is 37.8 Å². The number of halogens is 1. The number of carbonyl (C=O) groups excluding carboxylic acids is 2. The molecule has 1 heterocycles. The van der Waals surface area contributed by atoms with Gasteiger partial charge in [0, 0.05) is 17.0 Å². The van der Waals surface area contributed by atoms with Crippen LogP contribution in [0.25, 0.3) is 5.69 Å². The lowest BCUT2D eigenvalue weighted by Crippen LogP contribution is -2.58. The fourth-order valence-corrected chi connectivity index (χ4v) is 6.86. The number of ketones is 1. The summed E-state index contributed by atoms with van der Waals surface area (Å²) >= 11 is 0. The first-order chi connectivity index (χ1) is 14.7. The number of rotatable bonds is 5. The predicted molar refractivity (Wildman–Crippen MR) is 113 cm³/mol. The minimum absolute atomic E-state index is 0.299. The summed E-state index contributed by atoms with van der Waals surface area (Å²) in [4.78, 5) is 26.0. The quantitative estimate of drug-likeness (QED) is 0.573. The third kappa shape index (κ3) is 3.32. The Labute approximate surface area is 181 Å². The lowest BCUT2D eigenvalue weighted by Gasteiger charge is -2.58. The zero-order valence-corrected chi connectivity index (χ0v) is 18.0. The van der Waals surface area contributed by atoms with Gasteiger partial charge in [0.1, 0.15) is 5.82 Å². The molecular weight excluding hydrogens is 397 g/mol. The van der Waals surface area contributed by atoms with Crippen molar-refractivity contribution < 1.29 is 23.8 Å². The van der Waals surface area contributed by atoms with E-state index in [1.807, 2.05) is 6.92 Å². The van der Waals surface area contributed by atoms with E-state index in [4.69, 9.17) is 4.74 Å². The van der Waals surface area contributed by atoms with Crippen LogP contribution in [0.2, 0.25) is 0 Å². The van der Waals surface area contributed by atoms with Crippen molar-refractivity contribution >= 4 is 11.8 Å². The number of esters is 1. The molecule has 1 N–H and O–H groups in total. The SMILES string of the molecule is Cc1cc(C(=O)COC(=O)C23C[C@H]4C[C@@H](CC(O)(C4)C2)C3)c(C)n1-c1ccccc1F. The lowest BCUT2D eigenvalue weighted by atomic mass is 9.48. The van der Waals surface area contributed by atoms with Crippen LogP contribution in [0, 0.1) is 36.9 Å². The number of benzene rings is 1. The summed E-state index contributed by atoms with van der Waals surface area (Å²) in [5.74, 6) is -0.276. The van der Waals surface area contributed by atoms with Crippen LogP contribution >= 0.6 is 0 Å². The van der Waals surface area contributed by atoms with Crippen LogP contribution in [0.5, 0.6) is 0 Å². The van der Waals surface area contributed by atoms with E-state index in [1.165, 1.54) is 6.07 Å². The maximum Gasteiger partial charge on any atom is 0.312 e. The molecule has 4 aliphatic rings. The Hall–Kier alpha value is -2.47. The molecule has 5 nitrogen and oxygen atoms in total. The van der Waals surface area contributed by atoms with Crippen molar-refractivity contribution in [2.45, 2.75) is 58.0 Å². The van der Waals surface area contributed by atoms with Crippen LogP contribution in [0.1, 0.15) is 60.3 Å². The van der Waals surface area contributed by atoms with Crippen molar-refractivity contribution in [2.75, 3.05) is 6.61 Å². The number of aliphatic hydroxyl groups is 1. The zero-order chi connectivity index (χ0) is 22.0. The van der Waals surface area contributed by atoms with E-state index in [9.17, 15) is 19.1 Å². The molecule has 0 saturated heterocycles. The second kappa shape index (κ2) is 7.02. The van der Waals surface area contributed by atoms with Crippen LogP contribution in [-0.2, 0) is 9.53 Å². The summed E-state index contributed by atoms with van der Waals surface area (Å²) in [5, 5.41) is 10.9. The average Bonchev–Trinajstić information content (AvgIpc) is 2.98. The Balaban J connectivity index is 1.32. The molecule has 0 radical (unpaired) electrons. The lowest BCUT2D eigenvalue weighted by molar-refractivity contribution is -0.195. The van der Waals surface area contributed by atoms with Crippen molar-refractivity contribution in [1.29, 1.82) is 0 Å². The molecule has 4 aliphatic carbocycles. The number of para-hydroxylation sites is 1. The molecule has 1 aromatic carbocycles. The smallest absolute Gasteiger partial charge is 0.312 e. The maximum absolute atomic E-state index is 14.3. The monoisotopic (exact) mass is 425 g/mol.